The Bertz CT molecular complexity index is 637. The molecule has 0 N–H and O–H groups in total. The molecule has 6 nitrogen and oxygen atoms in total. The lowest BCUT2D eigenvalue weighted by Gasteiger charge is -2.21. The maximum absolute atomic E-state index is 12.4. The molecule has 0 atom stereocenters. The second-order valence-corrected chi connectivity index (χ2v) is 6.02. The van der Waals surface area contributed by atoms with Crippen LogP contribution in [0, 0.1) is 6.92 Å². The number of aryl methyl sites for hydroxylation is 1. The molecule has 23 heavy (non-hydrogen) atoms. The predicted octanol–water partition coefficient (Wildman–Crippen LogP) is 2.11. The molecule has 1 aromatic carbocycles. The number of carbonyl (C=O) groups excluding carboxylic acids is 3. The fourth-order valence-corrected chi connectivity index (χ4v) is 3.16. The minimum Gasteiger partial charge on any atom is -0.492 e. The number of hydrogen-bond acceptors (Lipinski definition) is 4. The van der Waals surface area contributed by atoms with Gasteiger partial charge in [-0.1, -0.05) is 25.0 Å². The van der Waals surface area contributed by atoms with Crippen LogP contribution in [0.2, 0.25) is 0 Å². The van der Waals surface area contributed by atoms with E-state index < -0.39 is 17.8 Å². The maximum Gasteiger partial charge on any atom is 0.334 e. The summed E-state index contributed by atoms with van der Waals surface area (Å²) in [6, 6.07) is 6.90. The molecule has 1 saturated carbocycles. The van der Waals surface area contributed by atoms with E-state index in [9.17, 15) is 14.4 Å². The molecule has 1 saturated heterocycles. The molecule has 3 rings (SSSR count). The molecule has 0 spiro atoms. The van der Waals surface area contributed by atoms with Crippen molar-refractivity contribution in [1.82, 2.24) is 9.80 Å². The average Bonchev–Trinajstić information content (AvgIpc) is 3.11. The third kappa shape index (κ3) is 3.06. The summed E-state index contributed by atoms with van der Waals surface area (Å²) in [4.78, 5) is 38.6. The predicted molar refractivity (Wildman–Crippen MR) is 82.9 cm³/mol. The Hall–Kier alpha value is -2.37. The summed E-state index contributed by atoms with van der Waals surface area (Å²) in [5, 5.41) is 0. The lowest BCUT2D eigenvalue weighted by molar-refractivity contribution is -0.144. The highest BCUT2D eigenvalue weighted by Gasteiger charge is 2.47. The Kier molecular flexibility index (Phi) is 4.32. The highest BCUT2D eigenvalue weighted by atomic mass is 16.5. The van der Waals surface area contributed by atoms with Gasteiger partial charge in [0.15, 0.2) is 0 Å². The van der Waals surface area contributed by atoms with Gasteiger partial charge >= 0.3 is 17.8 Å². The van der Waals surface area contributed by atoms with Gasteiger partial charge in [-0.2, -0.15) is 0 Å². The van der Waals surface area contributed by atoms with Crippen LogP contribution in [0.3, 0.4) is 0 Å². The van der Waals surface area contributed by atoms with Crippen LogP contribution in [0.15, 0.2) is 24.3 Å². The number of carbonyl (C=O) groups is 3. The number of benzene rings is 1. The van der Waals surface area contributed by atoms with Gasteiger partial charge in [-0.05, 0) is 37.5 Å². The first-order valence-corrected chi connectivity index (χ1v) is 7.96. The van der Waals surface area contributed by atoms with E-state index in [2.05, 4.69) is 0 Å². The van der Waals surface area contributed by atoms with Gasteiger partial charge in [-0.15, -0.1) is 0 Å². The first kappa shape index (κ1) is 15.5. The van der Waals surface area contributed by atoms with Gasteiger partial charge in [0.1, 0.15) is 12.4 Å². The number of nitrogens with zero attached hydrogens (tertiary/aromatic N) is 2. The molecule has 1 aliphatic heterocycles. The highest BCUT2D eigenvalue weighted by molar-refractivity contribution is 6.44. The van der Waals surface area contributed by atoms with Crippen molar-refractivity contribution in [3.05, 3.63) is 29.8 Å². The van der Waals surface area contributed by atoms with Gasteiger partial charge in [0, 0.05) is 6.04 Å². The summed E-state index contributed by atoms with van der Waals surface area (Å²) in [6.07, 6.45) is 3.57. The first-order valence-electron chi connectivity index (χ1n) is 7.96. The third-order valence-electron chi connectivity index (χ3n) is 4.35. The smallest absolute Gasteiger partial charge is 0.334 e. The van der Waals surface area contributed by atoms with Crippen molar-refractivity contribution in [3.8, 4) is 5.75 Å². The molecule has 4 amide bonds. The van der Waals surface area contributed by atoms with Gasteiger partial charge < -0.3 is 4.74 Å². The minimum atomic E-state index is -0.741. The first-order chi connectivity index (χ1) is 11.1. The number of amides is 4. The summed E-state index contributed by atoms with van der Waals surface area (Å²) in [5.74, 6) is -0.754. The molecule has 0 unspecified atom stereocenters. The molecular weight excluding hydrogens is 296 g/mol. The van der Waals surface area contributed by atoms with Crippen LogP contribution >= 0.6 is 0 Å². The van der Waals surface area contributed by atoms with Gasteiger partial charge in [0.05, 0.1) is 6.54 Å². The van der Waals surface area contributed by atoms with E-state index in [1.165, 1.54) is 0 Å². The second kappa shape index (κ2) is 6.40. The SMILES string of the molecule is Cc1cccc(OCCN2C(=O)C(=O)N(C3CCCC3)C2=O)c1. The van der Waals surface area contributed by atoms with Gasteiger partial charge in [0.2, 0.25) is 0 Å². The Morgan fingerprint density at radius 2 is 1.87 bits per heavy atom. The standard InChI is InChI=1S/C17H20N2O4/c1-12-5-4-8-14(11-12)23-10-9-18-15(20)16(21)19(17(18)22)13-6-2-3-7-13/h4-5,8,11,13H,2-3,6-7,9-10H2,1H3. The number of imide groups is 2. The van der Waals surface area contributed by atoms with Gasteiger partial charge in [0.25, 0.3) is 0 Å². The van der Waals surface area contributed by atoms with Crippen molar-refractivity contribution in [2.75, 3.05) is 13.2 Å². The number of ether oxygens (including phenoxy) is 1. The van der Waals surface area contributed by atoms with Crippen LogP contribution in [-0.2, 0) is 9.59 Å². The minimum absolute atomic E-state index is 0.0839. The van der Waals surface area contributed by atoms with E-state index in [0.717, 1.165) is 41.0 Å². The summed E-state index contributed by atoms with van der Waals surface area (Å²) in [6.45, 7) is 2.21. The number of rotatable bonds is 5. The van der Waals surface area contributed by atoms with E-state index in [4.69, 9.17) is 4.74 Å². The zero-order chi connectivity index (χ0) is 16.4. The van der Waals surface area contributed by atoms with E-state index in [1.807, 2.05) is 31.2 Å². The largest absolute Gasteiger partial charge is 0.492 e. The summed E-state index contributed by atoms with van der Waals surface area (Å²) < 4.78 is 5.57. The molecule has 6 heteroatoms. The Labute approximate surface area is 135 Å². The summed E-state index contributed by atoms with van der Waals surface area (Å²) in [5.41, 5.74) is 1.07. The van der Waals surface area contributed by atoms with Crippen molar-refractivity contribution in [3.63, 3.8) is 0 Å². The average molecular weight is 316 g/mol. The molecule has 1 aromatic rings. The molecule has 1 heterocycles. The van der Waals surface area contributed by atoms with E-state index in [-0.39, 0.29) is 19.2 Å². The van der Waals surface area contributed by atoms with Crippen LogP contribution in [0.4, 0.5) is 4.79 Å². The molecular formula is C17H20N2O4. The van der Waals surface area contributed by atoms with Gasteiger partial charge in [-0.25, -0.2) is 4.79 Å². The zero-order valence-electron chi connectivity index (χ0n) is 13.2. The fraction of sp³-hybridized carbons (Fsp3) is 0.471. The van der Waals surface area contributed by atoms with Gasteiger partial charge in [-0.3, -0.25) is 19.4 Å². The molecule has 0 radical (unpaired) electrons. The highest BCUT2D eigenvalue weighted by Crippen LogP contribution is 2.27. The van der Waals surface area contributed by atoms with Crippen LogP contribution in [0.5, 0.6) is 5.75 Å². The molecule has 2 fully saturated rings. The third-order valence-corrected chi connectivity index (χ3v) is 4.35. The lowest BCUT2D eigenvalue weighted by atomic mass is 10.2. The number of hydrogen-bond donors (Lipinski definition) is 0. The van der Waals surface area contributed by atoms with E-state index >= 15 is 0 Å². The number of urea groups is 1. The van der Waals surface area contributed by atoms with Crippen molar-refractivity contribution in [2.45, 2.75) is 38.6 Å². The lowest BCUT2D eigenvalue weighted by Crippen LogP contribution is -2.40. The van der Waals surface area contributed by atoms with E-state index in [1.54, 1.807) is 0 Å². The molecule has 1 aliphatic carbocycles. The van der Waals surface area contributed by atoms with Crippen LogP contribution < -0.4 is 4.74 Å². The molecule has 0 bridgehead atoms. The van der Waals surface area contributed by atoms with E-state index in [0.29, 0.717) is 5.75 Å². The Morgan fingerprint density at radius 3 is 2.57 bits per heavy atom. The monoisotopic (exact) mass is 316 g/mol. The van der Waals surface area contributed by atoms with Crippen LogP contribution in [-0.4, -0.2) is 46.8 Å². The molecule has 0 aromatic heterocycles. The maximum atomic E-state index is 12.4. The van der Waals surface area contributed by atoms with Crippen molar-refractivity contribution >= 4 is 17.8 Å². The topological polar surface area (TPSA) is 66.9 Å². The van der Waals surface area contributed by atoms with Crippen molar-refractivity contribution < 1.29 is 19.1 Å². The zero-order valence-corrected chi connectivity index (χ0v) is 13.2. The Balaban J connectivity index is 1.60. The summed E-state index contributed by atoms with van der Waals surface area (Å²) >= 11 is 0. The van der Waals surface area contributed by atoms with Crippen LogP contribution in [0.1, 0.15) is 31.2 Å². The summed E-state index contributed by atoms with van der Waals surface area (Å²) in [7, 11) is 0. The second-order valence-electron chi connectivity index (χ2n) is 6.02. The Morgan fingerprint density at radius 1 is 1.13 bits per heavy atom. The quantitative estimate of drug-likeness (QED) is 0.616. The van der Waals surface area contributed by atoms with Crippen molar-refractivity contribution in [1.29, 1.82) is 0 Å². The normalized spacial score (nSPS) is 19.1. The molecule has 122 valence electrons. The van der Waals surface area contributed by atoms with Crippen LogP contribution in [0.25, 0.3) is 0 Å². The molecule has 2 aliphatic rings. The fourth-order valence-electron chi connectivity index (χ4n) is 3.16. The van der Waals surface area contributed by atoms with Crippen molar-refractivity contribution in [2.24, 2.45) is 0 Å².